The zero-order chi connectivity index (χ0) is 22.1. The summed E-state index contributed by atoms with van der Waals surface area (Å²) in [5.41, 5.74) is 2.14. The third-order valence-electron chi connectivity index (χ3n) is 5.37. The molecule has 1 heterocycles. The van der Waals surface area contributed by atoms with E-state index in [0.29, 0.717) is 25.7 Å². The van der Waals surface area contributed by atoms with E-state index in [1.165, 1.54) is 11.1 Å². The molecule has 0 unspecified atom stereocenters. The van der Waals surface area contributed by atoms with Crippen LogP contribution in [0, 0.1) is 0 Å². The Morgan fingerprint density at radius 3 is 2.26 bits per heavy atom. The fourth-order valence-corrected chi connectivity index (χ4v) is 3.71. The maximum absolute atomic E-state index is 12.2. The standard InChI is InChI=1S/C26H35NO4/c1-26(2,3)31-25(28)27-16-13-23(14-17-27)22-9-11-24(12-10-22)30-20-19-29-18-15-21-7-5-4-6-8-21/h4-12,23H,13-20H2,1-3H3. The van der Waals surface area contributed by atoms with Crippen LogP contribution in [0.2, 0.25) is 0 Å². The number of carbonyl (C=O) groups excluding carboxylic acids is 1. The number of nitrogens with zero attached hydrogens (tertiary/aromatic N) is 1. The van der Waals surface area contributed by atoms with Crippen molar-refractivity contribution in [1.29, 1.82) is 0 Å². The first-order chi connectivity index (χ1) is 14.9. The summed E-state index contributed by atoms with van der Waals surface area (Å²) in [5, 5.41) is 0. The first-order valence-electron chi connectivity index (χ1n) is 11.2. The van der Waals surface area contributed by atoms with Crippen molar-refractivity contribution in [2.24, 2.45) is 0 Å². The van der Waals surface area contributed by atoms with Gasteiger partial charge in [-0.25, -0.2) is 4.79 Å². The summed E-state index contributed by atoms with van der Waals surface area (Å²) in [7, 11) is 0. The van der Waals surface area contributed by atoms with Crippen molar-refractivity contribution >= 4 is 6.09 Å². The van der Waals surface area contributed by atoms with Crippen LogP contribution in [0.1, 0.15) is 50.7 Å². The summed E-state index contributed by atoms with van der Waals surface area (Å²) in [6.07, 6.45) is 2.62. The summed E-state index contributed by atoms with van der Waals surface area (Å²) in [4.78, 5) is 14.0. The molecule has 2 aromatic rings. The highest BCUT2D eigenvalue weighted by Gasteiger charge is 2.27. The maximum atomic E-state index is 12.2. The number of ether oxygens (including phenoxy) is 3. The molecular weight excluding hydrogens is 390 g/mol. The van der Waals surface area contributed by atoms with E-state index >= 15 is 0 Å². The second kappa shape index (κ2) is 11.2. The minimum Gasteiger partial charge on any atom is -0.491 e. The largest absolute Gasteiger partial charge is 0.491 e. The molecule has 0 aliphatic carbocycles. The van der Waals surface area contributed by atoms with Crippen molar-refractivity contribution in [3.8, 4) is 5.75 Å². The summed E-state index contributed by atoms with van der Waals surface area (Å²) >= 11 is 0. The lowest BCUT2D eigenvalue weighted by molar-refractivity contribution is 0.0205. The Morgan fingerprint density at radius 2 is 1.61 bits per heavy atom. The van der Waals surface area contributed by atoms with E-state index < -0.39 is 5.60 Å². The quantitative estimate of drug-likeness (QED) is 0.529. The molecule has 1 saturated heterocycles. The molecule has 2 aromatic carbocycles. The van der Waals surface area contributed by atoms with Crippen molar-refractivity contribution in [3.05, 3.63) is 65.7 Å². The highest BCUT2D eigenvalue weighted by molar-refractivity contribution is 5.68. The second-order valence-corrected chi connectivity index (χ2v) is 9.01. The number of hydrogen-bond donors (Lipinski definition) is 0. The van der Waals surface area contributed by atoms with Gasteiger partial charge in [-0.05, 0) is 69.2 Å². The molecule has 0 saturated carbocycles. The van der Waals surface area contributed by atoms with Gasteiger partial charge in [0.1, 0.15) is 18.0 Å². The Kier molecular flexibility index (Phi) is 8.35. The summed E-state index contributed by atoms with van der Waals surface area (Å²) in [6.45, 7) is 9.00. The normalized spacial score (nSPS) is 15.0. The van der Waals surface area contributed by atoms with Gasteiger partial charge in [-0.2, -0.15) is 0 Å². The van der Waals surface area contributed by atoms with E-state index in [-0.39, 0.29) is 6.09 Å². The van der Waals surface area contributed by atoms with Gasteiger partial charge in [0, 0.05) is 13.1 Å². The Balaban J connectivity index is 1.33. The number of piperidine rings is 1. The lowest BCUT2D eigenvalue weighted by Gasteiger charge is -2.33. The smallest absolute Gasteiger partial charge is 0.410 e. The first kappa shape index (κ1) is 23.1. The molecule has 1 fully saturated rings. The zero-order valence-corrected chi connectivity index (χ0v) is 19.0. The van der Waals surface area contributed by atoms with Crippen LogP contribution in [-0.4, -0.2) is 49.5 Å². The van der Waals surface area contributed by atoms with Crippen LogP contribution < -0.4 is 4.74 Å². The van der Waals surface area contributed by atoms with Crippen LogP contribution in [0.25, 0.3) is 0 Å². The summed E-state index contributed by atoms with van der Waals surface area (Å²) < 4.78 is 16.9. The minimum absolute atomic E-state index is 0.208. The molecular formula is C26H35NO4. The highest BCUT2D eigenvalue weighted by atomic mass is 16.6. The fourth-order valence-electron chi connectivity index (χ4n) is 3.71. The third-order valence-corrected chi connectivity index (χ3v) is 5.37. The van der Waals surface area contributed by atoms with Gasteiger partial charge >= 0.3 is 6.09 Å². The summed E-state index contributed by atoms with van der Waals surface area (Å²) in [5.74, 6) is 1.33. The van der Waals surface area contributed by atoms with E-state index in [4.69, 9.17) is 14.2 Å². The molecule has 0 spiro atoms. The molecule has 1 aliphatic heterocycles. The molecule has 0 N–H and O–H groups in total. The van der Waals surface area contributed by atoms with Gasteiger partial charge < -0.3 is 19.1 Å². The zero-order valence-electron chi connectivity index (χ0n) is 19.0. The van der Waals surface area contributed by atoms with Gasteiger partial charge in [0.05, 0.1) is 13.2 Å². The average molecular weight is 426 g/mol. The Labute approximate surface area is 186 Å². The van der Waals surface area contributed by atoms with Crippen molar-refractivity contribution in [3.63, 3.8) is 0 Å². The lowest BCUT2D eigenvalue weighted by Crippen LogP contribution is -2.41. The topological polar surface area (TPSA) is 48.0 Å². The molecule has 0 atom stereocenters. The van der Waals surface area contributed by atoms with E-state index in [2.05, 4.69) is 24.3 Å². The molecule has 0 aromatic heterocycles. The van der Waals surface area contributed by atoms with Gasteiger partial charge in [-0.15, -0.1) is 0 Å². The molecule has 1 aliphatic rings. The molecule has 5 heteroatoms. The number of benzene rings is 2. The Bertz CT molecular complexity index is 790. The van der Waals surface area contributed by atoms with E-state index in [0.717, 1.165) is 38.1 Å². The number of carbonyl (C=O) groups is 1. The van der Waals surface area contributed by atoms with Gasteiger partial charge in [-0.3, -0.25) is 0 Å². The van der Waals surface area contributed by atoms with Crippen molar-refractivity contribution in [2.75, 3.05) is 32.9 Å². The van der Waals surface area contributed by atoms with Crippen molar-refractivity contribution in [1.82, 2.24) is 4.90 Å². The van der Waals surface area contributed by atoms with Crippen LogP contribution in [0.5, 0.6) is 5.75 Å². The van der Waals surface area contributed by atoms with Crippen LogP contribution in [0.4, 0.5) is 4.79 Å². The molecule has 5 nitrogen and oxygen atoms in total. The van der Waals surface area contributed by atoms with Gasteiger partial charge in [0.25, 0.3) is 0 Å². The van der Waals surface area contributed by atoms with E-state index in [1.54, 1.807) is 0 Å². The van der Waals surface area contributed by atoms with Crippen LogP contribution in [0.3, 0.4) is 0 Å². The van der Waals surface area contributed by atoms with Gasteiger partial charge in [0.2, 0.25) is 0 Å². The number of amides is 1. The van der Waals surface area contributed by atoms with Crippen LogP contribution >= 0.6 is 0 Å². The average Bonchev–Trinajstić information content (AvgIpc) is 2.76. The predicted molar refractivity (Wildman–Crippen MR) is 123 cm³/mol. The predicted octanol–water partition coefficient (Wildman–Crippen LogP) is 5.44. The highest BCUT2D eigenvalue weighted by Crippen LogP contribution is 2.29. The SMILES string of the molecule is CC(C)(C)OC(=O)N1CCC(c2ccc(OCCOCCc3ccccc3)cc2)CC1. The molecule has 0 radical (unpaired) electrons. The molecule has 31 heavy (non-hydrogen) atoms. The minimum atomic E-state index is -0.448. The molecule has 0 bridgehead atoms. The van der Waals surface area contributed by atoms with Gasteiger partial charge in [0.15, 0.2) is 0 Å². The maximum Gasteiger partial charge on any atom is 0.410 e. The molecule has 1 amide bonds. The molecule has 168 valence electrons. The lowest BCUT2D eigenvalue weighted by atomic mass is 9.89. The Morgan fingerprint density at radius 1 is 0.935 bits per heavy atom. The van der Waals surface area contributed by atoms with Crippen LogP contribution in [0.15, 0.2) is 54.6 Å². The second-order valence-electron chi connectivity index (χ2n) is 9.01. The van der Waals surface area contributed by atoms with Crippen molar-refractivity contribution < 1.29 is 19.0 Å². The number of rotatable bonds is 8. The van der Waals surface area contributed by atoms with Crippen molar-refractivity contribution in [2.45, 2.75) is 51.6 Å². The summed E-state index contributed by atoms with van der Waals surface area (Å²) in [6, 6.07) is 18.7. The van der Waals surface area contributed by atoms with E-state index in [9.17, 15) is 4.79 Å². The van der Waals surface area contributed by atoms with Crippen LogP contribution in [-0.2, 0) is 15.9 Å². The van der Waals surface area contributed by atoms with Gasteiger partial charge in [-0.1, -0.05) is 42.5 Å². The fraction of sp³-hybridized carbons (Fsp3) is 0.500. The van der Waals surface area contributed by atoms with E-state index in [1.807, 2.05) is 56.0 Å². The first-order valence-corrected chi connectivity index (χ1v) is 11.2. The Hall–Kier alpha value is -2.53. The number of hydrogen-bond acceptors (Lipinski definition) is 4. The number of likely N-dealkylation sites (tertiary alicyclic amines) is 1. The third kappa shape index (κ3) is 7.91. The monoisotopic (exact) mass is 425 g/mol. The molecule has 3 rings (SSSR count).